The third-order valence-corrected chi connectivity index (χ3v) is 7.47. The second-order valence-electron chi connectivity index (χ2n) is 9.55. The fourth-order valence-corrected chi connectivity index (χ4v) is 5.71. The summed E-state index contributed by atoms with van der Waals surface area (Å²) in [5, 5.41) is 0. The van der Waals surface area contributed by atoms with Gasteiger partial charge in [0.1, 0.15) is 11.5 Å². The van der Waals surface area contributed by atoms with Gasteiger partial charge in [-0.3, -0.25) is 14.5 Å². The van der Waals surface area contributed by atoms with Crippen molar-refractivity contribution < 1.29 is 19.1 Å². The van der Waals surface area contributed by atoms with Crippen LogP contribution in [0.4, 0.5) is 0 Å². The molecule has 0 aromatic heterocycles. The van der Waals surface area contributed by atoms with Crippen molar-refractivity contribution in [2.75, 3.05) is 20.8 Å². The molecule has 4 rings (SSSR count). The predicted molar refractivity (Wildman–Crippen MR) is 122 cm³/mol. The van der Waals surface area contributed by atoms with Gasteiger partial charge in [-0.05, 0) is 50.5 Å². The second-order valence-corrected chi connectivity index (χ2v) is 9.55. The molecule has 176 valence electrons. The molecule has 2 amide bonds. The first-order chi connectivity index (χ1) is 15.5. The van der Waals surface area contributed by atoms with Crippen molar-refractivity contribution in [2.24, 2.45) is 11.7 Å². The number of hydrogen-bond donors (Lipinski definition) is 1. The molecular formula is C25H37N3O4. The standard InChI is InChI=1S/C25H37N3O4/c1-31-20-12-9-18(23(14-20)32-2)16-28(19-10-11-19)22(15-24(26)29)25(30)27-13-5-7-17-6-3-4-8-21(17)27/h9,12,14,17,19,21-22H,3-8,10-11,13,15-16H2,1-2H3,(H2,26,29)/t17-,21+,22-/m1/s1. The summed E-state index contributed by atoms with van der Waals surface area (Å²) in [5.41, 5.74) is 6.64. The fraction of sp³-hybridized carbons (Fsp3) is 0.680. The summed E-state index contributed by atoms with van der Waals surface area (Å²) >= 11 is 0. The lowest BCUT2D eigenvalue weighted by Crippen LogP contribution is -2.57. The Morgan fingerprint density at radius 2 is 1.84 bits per heavy atom. The Labute approximate surface area is 191 Å². The predicted octanol–water partition coefficient (Wildman–Crippen LogP) is 3.09. The second kappa shape index (κ2) is 10.1. The van der Waals surface area contributed by atoms with E-state index in [9.17, 15) is 9.59 Å². The van der Waals surface area contributed by atoms with E-state index in [1.165, 1.54) is 25.7 Å². The Kier molecular flexibility index (Phi) is 7.23. The number of carbonyl (C=O) groups is 2. The molecule has 2 N–H and O–H groups in total. The number of nitrogens with zero attached hydrogens (tertiary/aromatic N) is 2. The van der Waals surface area contributed by atoms with Gasteiger partial charge in [0, 0.05) is 36.8 Å². The van der Waals surface area contributed by atoms with E-state index in [0.717, 1.165) is 49.3 Å². The number of methoxy groups -OCH3 is 2. The van der Waals surface area contributed by atoms with Gasteiger partial charge in [0.25, 0.3) is 0 Å². The van der Waals surface area contributed by atoms with E-state index in [1.54, 1.807) is 14.2 Å². The van der Waals surface area contributed by atoms with Crippen LogP contribution >= 0.6 is 0 Å². The van der Waals surface area contributed by atoms with Gasteiger partial charge in [-0.1, -0.05) is 18.9 Å². The molecule has 1 aromatic rings. The Hall–Kier alpha value is -2.28. The van der Waals surface area contributed by atoms with Crippen LogP contribution in [0, 0.1) is 5.92 Å². The number of hydrogen-bond acceptors (Lipinski definition) is 5. The van der Waals surface area contributed by atoms with Crippen LogP contribution in [0.2, 0.25) is 0 Å². The summed E-state index contributed by atoms with van der Waals surface area (Å²) in [4.78, 5) is 30.3. The SMILES string of the molecule is COc1ccc(CN(C2CC2)[C@H](CC(N)=O)C(=O)N2CCC[C@H]3CCCC[C@@H]32)c(OC)c1. The summed E-state index contributed by atoms with van der Waals surface area (Å²) in [6.45, 7) is 1.34. The Morgan fingerprint density at radius 3 is 2.53 bits per heavy atom. The van der Waals surface area contributed by atoms with Crippen LogP contribution in [-0.2, 0) is 16.1 Å². The molecular weight excluding hydrogens is 406 g/mol. The number of amides is 2. The maximum Gasteiger partial charge on any atom is 0.240 e. The number of piperidine rings is 1. The largest absolute Gasteiger partial charge is 0.497 e. The highest BCUT2D eigenvalue weighted by Crippen LogP contribution is 2.38. The van der Waals surface area contributed by atoms with Crippen LogP contribution in [0.1, 0.15) is 63.4 Å². The van der Waals surface area contributed by atoms with Crippen molar-refractivity contribution in [1.29, 1.82) is 0 Å². The molecule has 7 heteroatoms. The minimum Gasteiger partial charge on any atom is -0.497 e. The molecule has 7 nitrogen and oxygen atoms in total. The third kappa shape index (κ3) is 5.03. The summed E-state index contributed by atoms with van der Waals surface area (Å²) in [7, 11) is 3.27. The van der Waals surface area contributed by atoms with Crippen LogP contribution in [0.25, 0.3) is 0 Å². The van der Waals surface area contributed by atoms with E-state index < -0.39 is 11.9 Å². The van der Waals surface area contributed by atoms with Crippen molar-refractivity contribution in [3.63, 3.8) is 0 Å². The first kappa shape index (κ1) is 22.9. The Bertz CT molecular complexity index is 823. The number of benzene rings is 1. The zero-order chi connectivity index (χ0) is 22.7. The van der Waals surface area contributed by atoms with Crippen LogP contribution in [-0.4, -0.2) is 60.5 Å². The molecule has 1 heterocycles. The zero-order valence-electron chi connectivity index (χ0n) is 19.4. The number of ether oxygens (including phenoxy) is 2. The van der Waals surface area contributed by atoms with Crippen molar-refractivity contribution in [3.05, 3.63) is 23.8 Å². The molecule has 32 heavy (non-hydrogen) atoms. The Morgan fingerprint density at radius 1 is 1.09 bits per heavy atom. The highest BCUT2D eigenvalue weighted by atomic mass is 16.5. The summed E-state index contributed by atoms with van der Waals surface area (Å²) in [6, 6.07) is 5.84. The van der Waals surface area contributed by atoms with Crippen LogP contribution in [0.15, 0.2) is 18.2 Å². The molecule has 1 aliphatic heterocycles. The van der Waals surface area contributed by atoms with Crippen LogP contribution < -0.4 is 15.2 Å². The zero-order valence-corrected chi connectivity index (χ0v) is 19.4. The lowest BCUT2D eigenvalue weighted by molar-refractivity contribution is -0.146. The van der Waals surface area contributed by atoms with Gasteiger partial charge in [-0.25, -0.2) is 0 Å². The van der Waals surface area contributed by atoms with E-state index in [-0.39, 0.29) is 12.3 Å². The summed E-state index contributed by atoms with van der Waals surface area (Å²) < 4.78 is 10.9. The highest BCUT2D eigenvalue weighted by molar-refractivity contribution is 5.88. The van der Waals surface area contributed by atoms with Gasteiger partial charge >= 0.3 is 0 Å². The minimum absolute atomic E-state index is 0.0572. The van der Waals surface area contributed by atoms with Gasteiger partial charge in [0.05, 0.1) is 26.7 Å². The lowest BCUT2D eigenvalue weighted by Gasteiger charge is -2.46. The van der Waals surface area contributed by atoms with Crippen LogP contribution in [0.3, 0.4) is 0 Å². The molecule has 0 bridgehead atoms. The molecule has 0 spiro atoms. The van der Waals surface area contributed by atoms with Gasteiger partial charge < -0.3 is 20.1 Å². The molecule has 1 saturated heterocycles. The summed E-state index contributed by atoms with van der Waals surface area (Å²) in [5.74, 6) is 1.72. The first-order valence-electron chi connectivity index (χ1n) is 12.1. The molecule has 0 radical (unpaired) electrons. The quantitative estimate of drug-likeness (QED) is 0.634. The topological polar surface area (TPSA) is 85.1 Å². The van der Waals surface area contributed by atoms with E-state index in [0.29, 0.717) is 24.5 Å². The normalized spacial score (nSPS) is 24.0. The number of likely N-dealkylation sites (tertiary alicyclic amines) is 1. The molecule has 2 aliphatic carbocycles. The number of fused-ring (bicyclic) bond motifs is 1. The van der Waals surface area contributed by atoms with Crippen molar-refractivity contribution in [1.82, 2.24) is 9.80 Å². The first-order valence-corrected chi connectivity index (χ1v) is 12.1. The number of carbonyl (C=O) groups excluding carboxylic acids is 2. The molecule has 1 aromatic carbocycles. The monoisotopic (exact) mass is 443 g/mol. The average molecular weight is 444 g/mol. The van der Waals surface area contributed by atoms with E-state index in [2.05, 4.69) is 9.80 Å². The van der Waals surface area contributed by atoms with Crippen LogP contribution in [0.5, 0.6) is 11.5 Å². The van der Waals surface area contributed by atoms with Gasteiger partial charge in [-0.2, -0.15) is 0 Å². The van der Waals surface area contributed by atoms with Crippen molar-refractivity contribution in [2.45, 2.75) is 82.5 Å². The Balaban J connectivity index is 1.60. The van der Waals surface area contributed by atoms with E-state index in [1.807, 2.05) is 18.2 Å². The highest BCUT2D eigenvalue weighted by Gasteiger charge is 2.43. The third-order valence-electron chi connectivity index (χ3n) is 7.47. The lowest BCUT2D eigenvalue weighted by atomic mass is 9.78. The molecule has 2 saturated carbocycles. The average Bonchev–Trinajstić information content (AvgIpc) is 3.65. The minimum atomic E-state index is -0.521. The maximum absolute atomic E-state index is 13.9. The molecule has 3 aliphatic rings. The van der Waals surface area contributed by atoms with Gasteiger partial charge in [0.2, 0.25) is 11.8 Å². The van der Waals surface area contributed by atoms with E-state index >= 15 is 0 Å². The molecule has 3 fully saturated rings. The van der Waals surface area contributed by atoms with Gasteiger partial charge in [0.15, 0.2) is 0 Å². The molecule has 3 atom stereocenters. The van der Waals surface area contributed by atoms with Crippen molar-refractivity contribution >= 4 is 11.8 Å². The molecule has 0 unspecified atom stereocenters. The number of rotatable bonds is 9. The smallest absolute Gasteiger partial charge is 0.240 e. The number of nitrogens with two attached hydrogens (primary N) is 1. The maximum atomic E-state index is 13.9. The van der Waals surface area contributed by atoms with E-state index in [4.69, 9.17) is 15.2 Å². The number of primary amides is 1. The fourth-order valence-electron chi connectivity index (χ4n) is 5.71. The van der Waals surface area contributed by atoms with Crippen molar-refractivity contribution in [3.8, 4) is 11.5 Å². The van der Waals surface area contributed by atoms with Gasteiger partial charge in [-0.15, -0.1) is 0 Å². The summed E-state index contributed by atoms with van der Waals surface area (Å²) in [6.07, 6.45) is 9.12.